The van der Waals surface area contributed by atoms with Gasteiger partial charge in [-0.3, -0.25) is 4.79 Å². The molecule has 2 aromatic carbocycles. The lowest BCUT2D eigenvalue weighted by Crippen LogP contribution is -2.51. The molecule has 0 spiro atoms. The smallest absolute Gasteiger partial charge is 0.241 e. The summed E-state index contributed by atoms with van der Waals surface area (Å²) in [4.78, 5) is 12.2. The number of rotatable bonds is 8. The van der Waals surface area contributed by atoms with Gasteiger partial charge in [-0.15, -0.1) is 0 Å². The highest BCUT2D eigenvalue weighted by Gasteiger charge is 2.35. The number of halogens is 1. The molecule has 0 saturated carbocycles. The van der Waals surface area contributed by atoms with Gasteiger partial charge in [-0.25, -0.2) is 17.5 Å². The molecule has 0 aliphatic carbocycles. The minimum absolute atomic E-state index is 0.108. The van der Waals surface area contributed by atoms with E-state index in [2.05, 4.69) is 10.0 Å². The summed E-state index contributed by atoms with van der Waals surface area (Å²) in [6.07, 6.45) is -0.306. The quantitative estimate of drug-likeness (QED) is 0.572. The van der Waals surface area contributed by atoms with Gasteiger partial charge in [0.05, 0.1) is 42.2 Å². The second kappa shape index (κ2) is 10.3. The maximum absolute atomic E-state index is 13.4. The molecule has 1 heterocycles. The Balaban J connectivity index is 1.56. The van der Waals surface area contributed by atoms with Crippen molar-refractivity contribution in [3.05, 3.63) is 66.0 Å². The first-order valence-electron chi connectivity index (χ1n) is 10.2. The van der Waals surface area contributed by atoms with Crippen LogP contribution in [0.15, 0.2) is 59.5 Å². The van der Waals surface area contributed by atoms with Crippen molar-refractivity contribution < 1.29 is 27.4 Å². The third kappa shape index (κ3) is 6.33. The normalized spacial score (nSPS) is 22.6. The van der Waals surface area contributed by atoms with E-state index in [9.17, 15) is 22.7 Å². The van der Waals surface area contributed by atoms with Gasteiger partial charge in [0.15, 0.2) is 0 Å². The monoisotopic (exact) mass is 450 g/mol. The fraction of sp³-hybridized carbons (Fsp3) is 0.409. The molecule has 7 nitrogen and oxygen atoms in total. The molecule has 3 rings (SSSR count). The molecule has 1 saturated heterocycles. The molecule has 0 radical (unpaired) electrons. The Kier molecular flexibility index (Phi) is 7.77. The number of carbonyl (C=O) groups excluding carboxylic acids is 1. The zero-order chi connectivity index (χ0) is 22.4. The molecule has 0 unspecified atom stereocenters. The highest BCUT2D eigenvalue weighted by Crippen LogP contribution is 2.24. The number of carbonyl (C=O) groups is 1. The largest absolute Gasteiger partial charge is 0.394 e. The average Bonchev–Trinajstić information content (AvgIpc) is 2.75. The van der Waals surface area contributed by atoms with Gasteiger partial charge < -0.3 is 15.2 Å². The fourth-order valence-electron chi connectivity index (χ4n) is 3.65. The van der Waals surface area contributed by atoms with Gasteiger partial charge in [-0.1, -0.05) is 36.4 Å². The number of amides is 1. The van der Waals surface area contributed by atoms with Crippen molar-refractivity contribution in [3.8, 4) is 0 Å². The van der Waals surface area contributed by atoms with E-state index in [0.717, 1.165) is 17.7 Å². The Morgan fingerprint density at radius 3 is 2.61 bits per heavy atom. The van der Waals surface area contributed by atoms with Crippen molar-refractivity contribution in [3.63, 3.8) is 0 Å². The van der Waals surface area contributed by atoms with E-state index >= 15 is 0 Å². The molecule has 1 fully saturated rings. The summed E-state index contributed by atoms with van der Waals surface area (Å²) >= 11 is 0. The number of hydrogen-bond acceptors (Lipinski definition) is 5. The molecule has 1 aliphatic heterocycles. The van der Waals surface area contributed by atoms with E-state index < -0.39 is 40.7 Å². The zero-order valence-electron chi connectivity index (χ0n) is 17.2. The van der Waals surface area contributed by atoms with Gasteiger partial charge in [-0.2, -0.15) is 0 Å². The number of nitrogens with one attached hydrogen (secondary N) is 2. The molecule has 3 N–H and O–H groups in total. The standard InChI is InChI=1S/C22H27FN2O5S/c1-15(16-6-3-2-4-7-16)24-22(27)13-18-10-11-20(21(14-26)30-18)25-31(28,29)19-9-5-8-17(23)12-19/h2-9,12,15,18,20-21,25-26H,10-11,13-14H2,1H3,(H,24,27)/t15-,18-,20-,21+/m1/s1. The number of benzene rings is 2. The number of aliphatic hydroxyl groups is 1. The van der Waals surface area contributed by atoms with E-state index in [1.807, 2.05) is 37.3 Å². The van der Waals surface area contributed by atoms with Gasteiger partial charge >= 0.3 is 0 Å². The van der Waals surface area contributed by atoms with Crippen molar-refractivity contribution in [1.29, 1.82) is 0 Å². The Morgan fingerprint density at radius 1 is 1.19 bits per heavy atom. The van der Waals surface area contributed by atoms with Crippen LogP contribution in [0.4, 0.5) is 4.39 Å². The van der Waals surface area contributed by atoms with Gasteiger partial charge in [0.1, 0.15) is 5.82 Å². The van der Waals surface area contributed by atoms with E-state index in [1.165, 1.54) is 12.1 Å². The SMILES string of the molecule is C[C@@H](NC(=O)C[C@H]1CC[C@@H](NS(=O)(=O)c2cccc(F)c2)[C@H](CO)O1)c1ccccc1. The van der Waals surface area contributed by atoms with Gasteiger partial charge in [-0.05, 0) is 43.5 Å². The number of sulfonamides is 1. The van der Waals surface area contributed by atoms with Crippen molar-refractivity contribution in [2.24, 2.45) is 0 Å². The highest BCUT2D eigenvalue weighted by atomic mass is 32.2. The van der Waals surface area contributed by atoms with Gasteiger partial charge in [0.2, 0.25) is 15.9 Å². The number of ether oxygens (including phenoxy) is 1. The van der Waals surface area contributed by atoms with Crippen molar-refractivity contribution in [1.82, 2.24) is 10.0 Å². The number of aliphatic hydroxyl groups excluding tert-OH is 1. The van der Waals surface area contributed by atoms with Crippen LogP contribution in [0.3, 0.4) is 0 Å². The molecule has 168 valence electrons. The molecule has 2 aromatic rings. The van der Waals surface area contributed by atoms with Crippen LogP contribution in [0.25, 0.3) is 0 Å². The first-order chi connectivity index (χ1) is 14.8. The summed E-state index contributed by atoms with van der Waals surface area (Å²) in [5, 5.41) is 12.6. The summed E-state index contributed by atoms with van der Waals surface area (Å²) in [5.41, 5.74) is 0.987. The van der Waals surface area contributed by atoms with Crippen LogP contribution in [0, 0.1) is 5.82 Å². The zero-order valence-corrected chi connectivity index (χ0v) is 18.0. The Bertz CT molecular complexity index is 986. The summed E-state index contributed by atoms with van der Waals surface area (Å²) in [6.45, 7) is 1.48. The predicted molar refractivity (Wildman–Crippen MR) is 113 cm³/mol. The Hall–Kier alpha value is -2.33. The van der Waals surface area contributed by atoms with Crippen LogP contribution in [0.2, 0.25) is 0 Å². The lowest BCUT2D eigenvalue weighted by molar-refractivity contribution is -0.131. The third-order valence-corrected chi connectivity index (χ3v) is 6.79. The Morgan fingerprint density at radius 2 is 1.94 bits per heavy atom. The summed E-state index contributed by atoms with van der Waals surface area (Å²) < 4.78 is 46.8. The molecular weight excluding hydrogens is 423 g/mol. The molecule has 4 atom stereocenters. The first-order valence-corrected chi connectivity index (χ1v) is 11.7. The fourth-order valence-corrected chi connectivity index (χ4v) is 4.98. The molecular formula is C22H27FN2O5S. The first kappa shape index (κ1) is 23.3. The van der Waals surface area contributed by atoms with Gasteiger partial charge in [0, 0.05) is 0 Å². The van der Waals surface area contributed by atoms with Crippen molar-refractivity contribution in [2.75, 3.05) is 6.61 Å². The van der Waals surface area contributed by atoms with Gasteiger partial charge in [0.25, 0.3) is 0 Å². The molecule has 1 aliphatic rings. The molecule has 9 heteroatoms. The lowest BCUT2D eigenvalue weighted by Gasteiger charge is -2.35. The van der Waals surface area contributed by atoms with Crippen LogP contribution in [-0.2, 0) is 19.6 Å². The highest BCUT2D eigenvalue weighted by molar-refractivity contribution is 7.89. The molecule has 0 bridgehead atoms. The second-order valence-corrected chi connectivity index (χ2v) is 9.36. The second-order valence-electron chi connectivity index (χ2n) is 7.65. The maximum atomic E-state index is 13.4. The summed E-state index contributed by atoms with van der Waals surface area (Å²) in [7, 11) is -3.97. The minimum Gasteiger partial charge on any atom is -0.394 e. The summed E-state index contributed by atoms with van der Waals surface area (Å²) in [6, 6.07) is 13.4. The van der Waals surface area contributed by atoms with E-state index in [1.54, 1.807) is 0 Å². The summed E-state index contributed by atoms with van der Waals surface area (Å²) in [5.74, 6) is -0.839. The Labute approximate surface area is 181 Å². The average molecular weight is 451 g/mol. The third-order valence-electron chi connectivity index (χ3n) is 5.30. The van der Waals surface area contributed by atoms with E-state index in [0.29, 0.717) is 12.8 Å². The molecule has 31 heavy (non-hydrogen) atoms. The minimum atomic E-state index is -3.97. The van der Waals surface area contributed by atoms with Crippen LogP contribution >= 0.6 is 0 Å². The maximum Gasteiger partial charge on any atom is 0.241 e. The molecule has 1 amide bonds. The van der Waals surface area contributed by atoms with Crippen LogP contribution < -0.4 is 10.0 Å². The van der Waals surface area contributed by atoms with Crippen LogP contribution in [-0.4, -0.2) is 44.3 Å². The number of hydrogen-bond donors (Lipinski definition) is 3. The van der Waals surface area contributed by atoms with Crippen molar-refractivity contribution >= 4 is 15.9 Å². The van der Waals surface area contributed by atoms with Crippen LogP contribution in [0.5, 0.6) is 0 Å². The predicted octanol–water partition coefficient (Wildman–Crippen LogP) is 2.28. The van der Waals surface area contributed by atoms with Crippen molar-refractivity contribution in [2.45, 2.75) is 55.4 Å². The topological polar surface area (TPSA) is 105 Å². The van der Waals surface area contributed by atoms with E-state index in [-0.39, 0.29) is 23.3 Å². The lowest BCUT2D eigenvalue weighted by atomic mass is 9.97. The molecule has 0 aromatic heterocycles. The van der Waals surface area contributed by atoms with Crippen LogP contribution in [0.1, 0.15) is 37.8 Å². The van der Waals surface area contributed by atoms with E-state index in [4.69, 9.17) is 4.74 Å².